The Bertz CT molecular complexity index is 1300. The van der Waals surface area contributed by atoms with E-state index in [-0.39, 0.29) is 30.6 Å². The van der Waals surface area contributed by atoms with Gasteiger partial charge in [-0.05, 0) is 50.1 Å². The number of nitrogens with one attached hydrogen (secondary N) is 1. The Hall–Kier alpha value is -3.10. The SMILES string of the molecule is Cc1c(Cl)ccc2c1NC(=O)[C@@]21[C@@H]2C(=O)N(c3ccc4c(c3)OCO4)C(=O)[C@@H]2[C@H]2CCCN21. The summed E-state index contributed by atoms with van der Waals surface area (Å²) < 4.78 is 10.8. The smallest absolute Gasteiger partial charge is 0.250 e. The van der Waals surface area contributed by atoms with Gasteiger partial charge >= 0.3 is 0 Å². The van der Waals surface area contributed by atoms with E-state index in [1.54, 1.807) is 24.3 Å². The highest BCUT2D eigenvalue weighted by atomic mass is 35.5. The summed E-state index contributed by atoms with van der Waals surface area (Å²) in [5.41, 5.74) is 1.38. The van der Waals surface area contributed by atoms with Crippen LogP contribution in [-0.2, 0) is 19.9 Å². The Morgan fingerprint density at radius 1 is 1.09 bits per heavy atom. The van der Waals surface area contributed by atoms with Crippen LogP contribution in [0, 0.1) is 18.8 Å². The topological polar surface area (TPSA) is 88.2 Å². The number of imide groups is 1. The average Bonchev–Trinajstić information content (AvgIpc) is 3.57. The molecule has 5 heterocycles. The van der Waals surface area contributed by atoms with Gasteiger partial charge in [0.2, 0.25) is 24.5 Å². The van der Waals surface area contributed by atoms with Gasteiger partial charge in [-0.15, -0.1) is 0 Å². The first-order valence-electron chi connectivity index (χ1n) is 11.1. The monoisotopic (exact) mass is 465 g/mol. The summed E-state index contributed by atoms with van der Waals surface area (Å²) in [6.45, 7) is 2.62. The number of halogens is 1. The highest BCUT2D eigenvalue weighted by Crippen LogP contribution is 2.61. The Morgan fingerprint density at radius 2 is 1.91 bits per heavy atom. The zero-order valence-corrected chi connectivity index (χ0v) is 18.5. The first kappa shape index (κ1) is 19.4. The maximum Gasteiger partial charge on any atom is 0.250 e. The van der Waals surface area contributed by atoms with Crippen LogP contribution >= 0.6 is 11.6 Å². The molecule has 5 aliphatic rings. The molecule has 1 spiro atoms. The van der Waals surface area contributed by atoms with Crippen LogP contribution in [0.15, 0.2) is 30.3 Å². The Balaban J connectivity index is 1.41. The Morgan fingerprint density at radius 3 is 2.76 bits per heavy atom. The number of hydrogen-bond donors (Lipinski definition) is 1. The molecular formula is C24H20ClN3O5. The van der Waals surface area contributed by atoms with Crippen LogP contribution in [0.5, 0.6) is 11.5 Å². The molecule has 0 aromatic heterocycles. The minimum absolute atomic E-state index is 0.102. The molecule has 2 aromatic rings. The second kappa shape index (κ2) is 6.27. The van der Waals surface area contributed by atoms with E-state index >= 15 is 0 Å². The van der Waals surface area contributed by atoms with E-state index < -0.39 is 17.4 Å². The molecule has 5 aliphatic heterocycles. The number of fused-ring (bicyclic) bond motifs is 8. The molecule has 3 fully saturated rings. The molecule has 8 nitrogen and oxygen atoms in total. The third-order valence-corrected chi connectivity index (χ3v) is 8.39. The molecule has 7 rings (SSSR count). The first-order chi connectivity index (χ1) is 15.9. The van der Waals surface area contributed by atoms with Crippen LogP contribution in [0.1, 0.15) is 24.0 Å². The minimum atomic E-state index is -1.21. The number of carbonyl (C=O) groups excluding carboxylic acids is 3. The molecule has 1 N–H and O–H groups in total. The van der Waals surface area contributed by atoms with E-state index in [0.717, 1.165) is 24.0 Å². The largest absolute Gasteiger partial charge is 0.454 e. The fourth-order valence-electron chi connectivity index (χ4n) is 6.67. The summed E-state index contributed by atoms with van der Waals surface area (Å²) in [5, 5.41) is 3.56. The molecule has 0 aliphatic carbocycles. The molecule has 3 amide bonds. The van der Waals surface area contributed by atoms with Crippen molar-refractivity contribution in [1.82, 2.24) is 4.90 Å². The maximum absolute atomic E-state index is 14.0. The Kier molecular flexibility index (Phi) is 3.68. The van der Waals surface area contributed by atoms with Crippen LogP contribution in [0.2, 0.25) is 5.02 Å². The van der Waals surface area contributed by atoms with E-state index in [9.17, 15) is 14.4 Å². The van der Waals surface area contributed by atoms with Crippen molar-refractivity contribution in [3.05, 3.63) is 46.5 Å². The lowest BCUT2D eigenvalue weighted by atomic mass is 9.75. The van der Waals surface area contributed by atoms with Crippen molar-refractivity contribution >= 4 is 40.7 Å². The predicted molar refractivity (Wildman–Crippen MR) is 118 cm³/mol. The lowest BCUT2D eigenvalue weighted by Crippen LogP contribution is -2.54. The number of nitrogens with zero attached hydrogens (tertiary/aromatic N) is 2. The van der Waals surface area contributed by atoms with Gasteiger partial charge in [-0.25, -0.2) is 4.90 Å². The molecule has 0 radical (unpaired) electrons. The summed E-state index contributed by atoms with van der Waals surface area (Å²) in [7, 11) is 0. The molecule has 33 heavy (non-hydrogen) atoms. The standard InChI is InChI=1S/C24H20ClN3O5/c1-11-14(25)6-5-13-20(11)26-23(31)24(13)19-18(15-3-2-8-27(15)24)21(29)28(22(19)30)12-4-7-16-17(9-12)33-10-32-16/h4-7,9,15,18-19H,2-3,8,10H2,1H3,(H,26,31)/t15-,18-,19+,24+/m1/s1. The van der Waals surface area contributed by atoms with E-state index in [2.05, 4.69) is 10.2 Å². The molecule has 2 aromatic carbocycles. The van der Waals surface area contributed by atoms with Crippen LogP contribution in [0.4, 0.5) is 11.4 Å². The fourth-order valence-corrected chi connectivity index (χ4v) is 6.83. The van der Waals surface area contributed by atoms with Crippen LogP contribution in [-0.4, -0.2) is 42.0 Å². The summed E-state index contributed by atoms with van der Waals surface area (Å²) in [5.74, 6) is -1.18. The molecular weight excluding hydrogens is 446 g/mol. The zero-order chi connectivity index (χ0) is 22.6. The molecule has 0 bridgehead atoms. The van der Waals surface area contributed by atoms with E-state index in [4.69, 9.17) is 21.1 Å². The first-order valence-corrected chi connectivity index (χ1v) is 11.5. The van der Waals surface area contributed by atoms with Crippen molar-refractivity contribution in [3.63, 3.8) is 0 Å². The van der Waals surface area contributed by atoms with Gasteiger partial charge in [-0.2, -0.15) is 0 Å². The average molecular weight is 466 g/mol. The molecule has 0 unspecified atom stereocenters. The number of amides is 3. The highest BCUT2D eigenvalue weighted by molar-refractivity contribution is 6.32. The number of anilines is 2. The third kappa shape index (κ3) is 2.14. The van der Waals surface area contributed by atoms with Crippen molar-refractivity contribution in [3.8, 4) is 11.5 Å². The number of ether oxygens (including phenoxy) is 2. The number of carbonyl (C=O) groups is 3. The van der Waals surface area contributed by atoms with Gasteiger partial charge in [0, 0.05) is 22.7 Å². The van der Waals surface area contributed by atoms with Crippen molar-refractivity contribution in [2.24, 2.45) is 11.8 Å². The highest BCUT2D eigenvalue weighted by Gasteiger charge is 2.74. The van der Waals surface area contributed by atoms with Crippen LogP contribution in [0.3, 0.4) is 0 Å². The predicted octanol–water partition coefficient (Wildman–Crippen LogP) is 2.81. The molecule has 3 saturated heterocycles. The lowest BCUT2D eigenvalue weighted by molar-refractivity contribution is -0.135. The quantitative estimate of drug-likeness (QED) is 0.652. The van der Waals surface area contributed by atoms with Crippen LogP contribution in [0.25, 0.3) is 0 Å². The second-order valence-corrected chi connectivity index (χ2v) is 9.68. The number of rotatable bonds is 1. The van der Waals surface area contributed by atoms with Crippen molar-refractivity contribution in [1.29, 1.82) is 0 Å². The van der Waals surface area contributed by atoms with E-state index in [0.29, 0.717) is 34.4 Å². The van der Waals surface area contributed by atoms with Gasteiger partial charge in [-0.3, -0.25) is 19.3 Å². The van der Waals surface area contributed by atoms with Gasteiger partial charge in [-0.1, -0.05) is 17.7 Å². The molecule has 168 valence electrons. The minimum Gasteiger partial charge on any atom is -0.454 e. The summed E-state index contributed by atoms with van der Waals surface area (Å²) in [6.07, 6.45) is 1.64. The summed E-state index contributed by atoms with van der Waals surface area (Å²) >= 11 is 6.34. The maximum atomic E-state index is 14.0. The third-order valence-electron chi connectivity index (χ3n) is 7.98. The van der Waals surface area contributed by atoms with Gasteiger partial charge in [0.05, 0.1) is 23.2 Å². The number of hydrogen-bond acceptors (Lipinski definition) is 6. The molecule has 4 atom stereocenters. The van der Waals surface area contributed by atoms with Crippen molar-refractivity contribution in [2.45, 2.75) is 31.3 Å². The fraction of sp³-hybridized carbons (Fsp3) is 0.375. The van der Waals surface area contributed by atoms with Gasteiger partial charge in [0.1, 0.15) is 5.54 Å². The Labute approximate surface area is 194 Å². The molecule has 0 saturated carbocycles. The second-order valence-electron chi connectivity index (χ2n) is 9.27. The summed E-state index contributed by atoms with van der Waals surface area (Å²) in [4.78, 5) is 44.8. The van der Waals surface area contributed by atoms with Gasteiger partial charge in [0.25, 0.3) is 0 Å². The van der Waals surface area contributed by atoms with Crippen LogP contribution < -0.4 is 19.7 Å². The van der Waals surface area contributed by atoms with Gasteiger partial charge < -0.3 is 14.8 Å². The lowest BCUT2D eigenvalue weighted by Gasteiger charge is -2.36. The van der Waals surface area contributed by atoms with Crippen molar-refractivity contribution < 1.29 is 23.9 Å². The normalized spacial score (nSPS) is 31.4. The van der Waals surface area contributed by atoms with E-state index in [1.165, 1.54) is 4.90 Å². The molecule has 9 heteroatoms. The number of benzene rings is 2. The van der Waals surface area contributed by atoms with Gasteiger partial charge in [0.15, 0.2) is 11.5 Å². The van der Waals surface area contributed by atoms with Crippen molar-refractivity contribution in [2.75, 3.05) is 23.6 Å². The zero-order valence-electron chi connectivity index (χ0n) is 17.8. The van der Waals surface area contributed by atoms with E-state index in [1.807, 2.05) is 13.0 Å². The summed E-state index contributed by atoms with van der Waals surface area (Å²) in [6, 6.07) is 8.49.